The van der Waals surface area contributed by atoms with Gasteiger partial charge in [0.15, 0.2) is 0 Å². The number of anilines is 1. The number of carbonyl (C=O) groups is 1. The Balaban J connectivity index is 1.17. The highest BCUT2D eigenvalue weighted by molar-refractivity contribution is 7.09. The number of aryl methyl sites for hydroxylation is 1. The summed E-state index contributed by atoms with van der Waals surface area (Å²) in [6.07, 6.45) is 3.91. The SMILES string of the molecule is CCCCc1ccc(C(=O)N=[N+]=NCCN2CCN(c3nc(Cc4ccc(F)cc4)ns3)CC2)cc1. The summed E-state index contributed by atoms with van der Waals surface area (Å²) in [5.41, 5.74) is 2.75. The number of nitrogens with zero attached hydrogens (tertiary/aromatic N) is 7. The molecule has 1 fully saturated rings. The van der Waals surface area contributed by atoms with Crippen LogP contribution in [0.1, 0.15) is 47.1 Å². The molecule has 36 heavy (non-hydrogen) atoms. The van der Waals surface area contributed by atoms with Gasteiger partial charge in [0.1, 0.15) is 23.3 Å². The number of rotatable bonds is 10. The van der Waals surface area contributed by atoms with Gasteiger partial charge in [0, 0.05) is 56.2 Å². The number of unbranched alkanes of at least 4 members (excludes halogenated alkanes) is 1. The lowest BCUT2D eigenvalue weighted by Gasteiger charge is -2.33. The molecule has 0 radical (unpaired) electrons. The number of hydrogen-bond acceptors (Lipinski definition) is 7. The molecule has 10 heteroatoms. The Bertz CT molecular complexity index is 1180. The van der Waals surface area contributed by atoms with E-state index >= 15 is 0 Å². The van der Waals surface area contributed by atoms with Crippen LogP contribution in [0.15, 0.2) is 58.8 Å². The molecule has 0 unspecified atom stereocenters. The summed E-state index contributed by atoms with van der Waals surface area (Å²) in [6.45, 7) is 6.92. The Labute approximate surface area is 214 Å². The van der Waals surface area contributed by atoms with E-state index in [0.717, 1.165) is 68.5 Å². The molecule has 4 rings (SSSR count). The van der Waals surface area contributed by atoms with Crippen molar-refractivity contribution in [3.8, 4) is 0 Å². The zero-order valence-corrected chi connectivity index (χ0v) is 21.3. The Morgan fingerprint density at radius 3 is 2.50 bits per heavy atom. The number of amides is 1. The van der Waals surface area contributed by atoms with Crippen LogP contribution in [0, 0.1) is 5.82 Å². The first-order chi connectivity index (χ1) is 17.6. The van der Waals surface area contributed by atoms with Crippen molar-refractivity contribution in [2.45, 2.75) is 32.6 Å². The summed E-state index contributed by atoms with van der Waals surface area (Å²) >= 11 is 1.40. The van der Waals surface area contributed by atoms with Crippen molar-refractivity contribution >= 4 is 22.6 Å². The average Bonchev–Trinajstić information content (AvgIpc) is 3.37. The van der Waals surface area contributed by atoms with Gasteiger partial charge in [-0.05, 0) is 48.2 Å². The molecule has 0 bridgehead atoms. The molecule has 0 spiro atoms. The topological polar surface area (TPSA) is 88.2 Å². The predicted molar refractivity (Wildman–Crippen MR) is 139 cm³/mol. The first-order valence-electron chi connectivity index (χ1n) is 12.4. The van der Waals surface area contributed by atoms with Crippen LogP contribution in [0.5, 0.6) is 0 Å². The number of halogens is 1. The lowest BCUT2D eigenvalue weighted by molar-refractivity contribution is 0.0992. The molecule has 1 aliphatic heterocycles. The predicted octanol–water partition coefficient (Wildman–Crippen LogP) is 4.54. The summed E-state index contributed by atoms with van der Waals surface area (Å²) in [4.78, 5) is 25.1. The fourth-order valence-electron chi connectivity index (χ4n) is 3.95. The molecule has 1 aliphatic rings. The molecular weight excluding hydrogens is 477 g/mol. The van der Waals surface area contributed by atoms with Crippen LogP contribution in [0.4, 0.5) is 9.52 Å². The van der Waals surface area contributed by atoms with Crippen molar-refractivity contribution in [1.82, 2.24) is 19.2 Å². The minimum absolute atomic E-state index is 0.240. The molecule has 1 aromatic heterocycles. The maximum absolute atomic E-state index is 13.1. The van der Waals surface area contributed by atoms with E-state index in [9.17, 15) is 9.18 Å². The normalized spacial score (nSPS) is 13.9. The number of benzene rings is 2. The van der Waals surface area contributed by atoms with E-state index < -0.39 is 0 Å². The number of aromatic nitrogens is 2. The van der Waals surface area contributed by atoms with Gasteiger partial charge in [0.2, 0.25) is 15.2 Å². The fourth-order valence-corrected chi connectivity index (χ4v) is 4.68. The van der Waals surface area contributed by atoms with Gasteiger partial charge in [-0.3, -0.25) is 9.69 Å². The van der Waals surface area contributed by atoms with E-state index in [1.54, 1.807) is 24.3 Å². The zero-order valence-electron chi connectivity index (χ0n) is 20.5. The lowest BCUT2D eigenvalue weighted by Crippen LogP contribution is -2.47. The van der Waals surface area contributed by atoms with E-state index in [0.29, 0.717) is 18.5 Å². The molecule has 8 nitrogen and oxygen atoms in total. The second-order valence-corrected chi connectivity index (χ2v) is 9.52. The number of carbonyl (C=O) groups excluding carboxylic acids is 1. The standard InChI is InChI=1S/C26H31FN7OS/c1-2-3-4-20-5-9-22(10-6-20)25(35)30-32-28-13-14-33-15-17-34(18-16-33)26-29-24(31-36-26)19-21-7-11-23(27)12-8-21/h5-12H,2-4,13-19H2,1H3/q+1. The highest BCUT2D eigenvalue weighted by Crippen LogP contribution is 2.20. The molecule has 0 N–H and O–H groups in total. The van der Waals surface area contributed by atoms with Crippen LogP contribution in [0.2, 0.25) is 0 Å². The highest BCUT2D eigenvalue weighted by atomic mass is 32.1. The third kappa shape index (κ3) is 7.58. The largest absolute Gasteiger partial charge is 0.360 e. The van der Waals surface area contributed by atoms with Crippen LogP contribution in [-0.4, -0.2) is 59.4 Å². The summed E-state index contributed by atoms with van der Waals surface area (Å²) in [6, 6.07) is 14.0. The van der Waals surface area contributed by atoms with E-state index in [1.807, 2.05) is 12.1 Å². The highest BCUT2D eigenvalue weighted by Gasteiger charge is 2.20. The second kappa shape index (κ2) is 13.1. The van der Waals surface area contributed by atoms with Crippen LogP contribution in [0.25, 0.3) is 0 Å². The molecular formula is C26H31FN7OS+. The Hall–Kier alpha value is -3.33. The van der Waals surface area contributed by atoms with E-state index in [4.69, 9.17) is 0 Å². The maximum Gasteiger partial charge on any atom is 0.360 e. The number of piperazine rings is 1. The van der Waals surface area contributed by atoms with Crippen LogP contribution >= 0.6 is 11.5 Å². The molecule has 2 heterocycles. The van der Waals surface area contributed by atoms with Gasteiger partial charge in [-0.25, -0.2) is 9.37 Å². The molecule has 1 amide bonds. The molecule has 0 saturated carbocycles. The third-order valence-corrected chi connectivity index (χ3v) is 6.93. The van der Waals surface area contributed by atoms with Gasteiger partial charge in [-0.2, -0.15) is 4.37 Å². The number of hydrogen-bond donors (Lipinski definition) is 0. The van der Waals surface area contributed by atoms with Crippen molar-refractivity contribution in [3.63, 3.8) is 0 Å². The maximum atomic E-state index is 13.1. The van der Waals surface area contributed by atoms with E-state index in [1.165, 1.54) is 29.2 Å². The quantitative estimate of drug-likeness (QED) is 0.296. The summed E-state index contributed by atoms with van der Waals surface area (Å²) < 4.78 is 17.6. The van der Waals surface area contributed by atoms with Gasteiger partial charge in [-0.1, -0.05) is 37.6 Å². The van der Waals surface area contributed by atoms with E-state index in [-0.39, 0.29) is 11.7 Å². The van der Waals surface area contributed by atoms with Gasteiger partial charge in [-0.15, -0.1) is 0 Å². The Morgan fingerprint density at radius 1 is 1.06 bits per heavy atom. The minimum atomic E-state index is -0.370. The summed E-state index contributed by atoms with van der Waals surface area (Å²) in [7, 11) is 0. The summed E-state index contributed by atoms with van der Waals surface area (Å²) in [5, 5.41) is 8.69. The van der Waals surface area contributed by atoms with Crippen LogP contribution < -0.4 is 9.81 Å². The zero-order chi connectivity index (χ0) is 25.2. The summed E-state index contributed by atoms with van der Waals surface area (Å²) in [5.74, 6) is 0.150. The fraction of sp³-hybridized carbons (Fsp3) is 0.423. The molecule has 1 saturated heterocycles. The van der Waals surface area contributed by atoms with Crippen LogP contribution in [0.3, 0.4) is 0 Å². The Morgan fingerprint density at radius 2 is 1.78 bits per heavy atom. The molecule has 188 valence electrons. The van der Waals surface area contributed by atoms with Gasteiger partial charge < -0.3 is 4.90 Å². The van der Waals surface area contributed by atoms with Crippen molar-refractivity contribution in [3.05, 3.63) is 76.9 Å². The van der Waals surface area contributed by atoms with Gasteiger partial charge in [0.05, 0.1) is 0 Å². The lowest BCUT2D eigenvalue weighted by atomic mass is 10.1. The van der Waals surface area contributed by atoms with Gasteiger partial charge in [0.25, 0.3) is 0 Å². The van der Waals surface area contributed by atoms with Crippen molar-refractivity contribution in [1.29, 1.82) is 0 Å². The van der Waals surface area contributed by atoms with Crippen molar-refractivity contribution < 1.29 is 9.18 Å². The Kier molecular flexibility index (Phi) is 9.38. The molecule has 0 aliphatic carbocycles. The first kappa shape index (κ1) is 25.8. The molecule has 3 aromatic rings. The molecule has 0 atom stereocenters. The van der Waals surface area contributed by atoms with E-state index in [2.05, 4.69) is 41.2 Å². The van der Waals surface area contributed by atoms with Crippen molar-refractivity contribution in [2.24, 2.45) is 10.2 Å². The second-order valence-electron chi connectivity index (χ2n) is 8.79. The monoisotopic (exact) mass is 508 g/mol. The van der Waals surface area contributed by atoms with Crippen LogP contribution in [-0.2, 0) is 12.8 Å². The van der Waals surface area contributed by atoms with Crippen molar-refractivity contribution in [2.75, 3.05) is 44.2 Å². The smallest absolute Gasteiger partial charge is 0.344 e. The molecule has 2 aromatic carbocycles. The third-order valence-electron chi connectivity index (χ3n) is 6.11. The average molecular weight is 509 g/mol. The van der Waals surface area contributed by atoms with Gasteiger partial charge >= 0.3 is 5.91 Å². The minimum Gasteiger partial charge on any atom is -0.344 e. The first-order valence-corrected chi connectivity index (χ1v) is 13.1.